The van der Waals surface area contributed by atoms with E-state index in [1.54, 1.807) is 20.8 Å². The Morgan fingerprint density at radius 1 is 1.40 bits per heavy atom. The zero-order valence-corrected chi connectivity index (χ0v) is 13.2. The summed E-state index contributed by atoms with van der Waals surface area (Å²) in [5.41, 5.74) is -0.880. The Morgan fingerprint density at radius 2 is 1.95 bits per heavy atom. The van der Waals surface area contributed by atoms with Crippen LogP contribution in [0.15, 0.2) is 0 Å². The van der Waals surface area contributed by atoms with Crippen LogP contribution in [0, 0.1) is 5.92 Å². The van der Waals surface area contributed by atoms with Crippen LogP contribution in [-0.2, 0) is 19.4 Å². The molecule has 0 spiro atoms. The van der Waals surface area contributed by atoms with Crippen LogP contribution in [0.5, 0.6) is 0 Å². The molecule has 1 heterocycles. The highest BCUT2D eigenvalue weighted by molar-refractivity contribution is 7.90. The monoisotopic (exact) mass is 302 g/mol. The number of piperazine rings is 1. The van der Waals surface area contributed by atoms with Crippen molar-refractivity contribution in [1.29, 1.82) is 0 Å². The Morgan fingerprint density at radius 3 is 2.40 bits per heavy atom. The Hall–Kier alpha value is -1.11. The van der Waals surface area contributed by atoms with Crippen molar-refractivity contribution in [3.05, 3.63) is 0 Å². The van der Waals surface area contributed by atoms with E-state index in [9.17, 15) is 18.0 Å². The molecular weight excluding hydrogens is 280 g/mol. The van der Waals surface area contributed by atoms with Crippen LogP contribution < -0.4 is 5.32 Å². The van der Waals surface area contributed by atoms with Crippen molar-refractivity contribution in [3.8, 4) is 0 Å². The lowest BCUT2D eigenvalue weighted by Gasteiger charge is -2.46. The molecule has 1 N–H and O–H groups in total. The Balaban J connectivity index is 2.29. The second kappa shape index (κ2) is 4.72. The Kier molecular flexibility index (Phi) is 3.60. The van der Waals surface area contributed by atoms with Crippen molar-refractivity contribution in [2.45, 2.75) is 51.2 Å². The zero-order chi connectivity index (χ0) is 15.3. The largest absolute Gasteiger partial charge is 0.340 e. The first-order valence-electron chi connectivity index (χ1n) is 6.89. The van der Waals surface area contributed by atoms with E-state index in [0.29, 0.717) is 0 Å². The Bertz CT molecular complexity index is 541. The number of sulfone groups is 1. The van der Waals surface area contributed by atoms with Gasteiger partial charge in [-0.15, -0.1) is 0 Å². The zero-order valence-electron chi connectivity index (χ0n) is 12.3. The van der Waals surface area contributed by atoms with Gasteiger partial charge in [-0.25, -0.2) is 8.42 Å². The first kappa shape index (κ1) is 15.3. The molecule has 3 atom stereocenters. The van der Waals surface area contributed by atoms with E-state index in [2.05, 4.69) is 5.32 Å². The lowest BCUT2D eigenvalue weighted by Crippen LogP contribution is -2.71. The molecule has 1 saturated heterocycles. The lowest BCUT2D eigenvalue weighted by molar-refractivity contribution is -0.156. The number of carbonyl (C=O) groups is 2. The maximum absolute atomic E-state index is 12.7. The maximum atomic E-state index is 12.7. The molecule has 1 aliphatic carbocycles. The van der Waals surface area contributed by atoms with Gasteiger partial charge in [0.25, 0.3) is 0 Å². The second-order valence-corrected chi connectivity index (χ2v) is 8.48. The summed E-state index contributed by atoms with van der Waals surface area (Å²) in [7, 11) is -3.20. The van der Waals surface area contributed by atoms with Gasteiger partial charge in [-0.3, -0.25) is 9.59 Å². The van der Waals surface area contributed by atoms with Crippen LogP contribution in [0.4, 0.5) is 0 Å². The summed E-state index contributed by atoms with van der Waals surface area (Å²) in [6.07, 6.45) is 2.99. The lowest BCUT2D eigenvalue weighted by atomic mass is 9.89. The van der Waals surface area contributed by atoms with Gasteiger partial charge in [0.1, 0.15) is 21.4 Å². The van der Waals surface area contributed by atoms with E-state index >= 15 is 0 Å². The minimum Gasteiger partial charge on any atom is -0.340 e. The van der Waals surface area contributed by atoms with Gasteiger partial charge in [-0.1, -0.05) is 0 Å². The van der Waals surface area contributed by atoms with Gasteiger partial charge in [-0.05, 0) is 39.5 Å². The van der Waals surface area contributed by atoms with Gasteiger partial charge in [0.15, 0.2) is 0 Å². The minimum absolute atomic E-state index is 0.128. The van der Waals surface area contributed by atoms with Gasteiger partial charge in [0.2, 0.25) is 11.8 Å². The number of hydrogen-bond donors (Lipinski definition) is 1. The number of rotatable bonds is 4. The van der Waals surface area contributed by atoms with Crippen molar-refractivity contribution >= 4 is 21.7 Å². The van der Waals surface area contributed by atoms with Gasteiger partial charge < -0.3 is 10.2 Å². The third-order valence-corrected chi connectivity index (χ3v) is 5.36. The summed E-state index contributed by atoms with van der Waals surface area (Å²) in [6.45, 7) is 5.07. The maximum Gasteiger partial charge on any atom is 0.249 e. The number of nitrogens with one attached hydrogen (secondary N) is 1. The SMILES string of the molecule is CC(CS(C)(=O)=O)N1C(=O)C(C)(C2CC2)NC(=O)C1C. The van der Waals surface area contributed by atoms with Crippen LogP contribution in [-0.4, -0.2) is 54.8 Å². The number of carbonyl (C=O) groups excluding carboxylic acids is 2. The summed E-state index contributed by atoms with van der Waals surface area (Å²) >= 11 is 0. The molecule has 7 heteroatoms. The molecule has 2 amide bonds. The highest BCUT2D eigenvalue weighted by atomic mass is 32.2. The molecule has 2 rings (SSSR count). The molecule has 1 saturated carbocycles. The third kappa shape index (κ3) is 2.68. The van der Waals surface area contributed by atoms with E-state index in [1.165, 1.54) is 4.90 Å². The fourth-order valence-corrected chi connectivity index (χ4v) is 4.06. The summed E-state index contributed by atoms with van der Waals surface area (Å²) < 4.78 is 22.9. The fraction of sp³-hybridized carbons (Fsp3) is 0.846. The summed E-state index contributed by atoms with van der Waals surface area (Å²) in [4.78, 5) is 26.3. The van der Waals surface area contributed by atoms with Gasteiger partial charge in [0.05, 0.1) is 5.75 Å². The Labute approximate surface area is 119 Å². The first-order valence-corrected chi connectivity index (χ1v) is 8.95. The number of nitrogens with zero attached hydrogens (tertiary/aromatic N) is 1. The van der Waals surface area contributed by atoms with E-state index in [-0.39, 0.29) is 23.5 Å². The molecule has 2 aliphatic rings. The molecule has 0 aromatic carbocycles. The van der Waals surface area contributed by atoms with E-state index in [4.69, 9.17) is 0 Å². The highest BCUT2D eigenvalue weighted by Crippen LogP contribution is 2.42. The van der Waals surface area contributed by atoms with Crippen LogP contribution in [0.1, 0.15) is 33.6 Å². The van der Waals surface area contributed by atoms with E-state index in [0.717, 1.165) is 19.1 Å². The van der Waals surface area contributed by atoms with Crippen LogP contribution in [0.25, 0.3) is 0 Å². The minimum atomic E-state index is -3.20. The molecule has 1 aliphatic heterocycles. The molecule has 0 aromatic rings. The molecule has 3 unspecified atom stereocenters. The average Bonchev–Trinajstić information content (AvgIpc) is 3.08. The molecule has 2 fully saturated rings. The first-order chi connectivity index (χ1) is 9.06. The standard InChI is InChI=1S/C13H22N2O4S/c1-8(7-20(4,18)19)15-9(2)11(16)14-13(3,12(15)17)10-5-6-10/h8-10H,5-7H2,1-4H3,(H,14,16). The van der Waals surface area contributed by atoms with Gasteiger partial charge in [-0.2, -0.15) is 0 Å². The van der Waals surface area contributed by atoms with Crippen LogP contribution >= 0.6 is 0 Å². The van der Waals surface area contributed by atoms with E-state index < -0.39 is 27.5 Å². The summed E-state index contributed by atoms with van der Waals surface area (Å²) in [6, 6.07) is -1.14. The van der Waals surface area contributed by atoms with Crippen molar-refractivity contribution in [3.63, 3.8) is 0 Å². The fourth-order valence-electron chi connectivity index (χ4n) is 3.02. The third-order valence-electron chi connectivity index (χ3n) is 4.27. The molecule has 6 nitrogen and oxygen atoms in total. The second-order valence-electron chi connectivity index (χ2n) is 6.30. The highest BCUT2D eigenvalue weighted by Gasteiger charge is 2.55. The summed E-state index contributed by atoms with van der Waals surface area (Å²) in [5.74, 6) is -0.334. The normalized spacial score (nSPS) is 33.0. The molecule has 0 radical (unpaired) electrons. The smallest absolute Gasteiger partial charge is 0.249 e. The van der Waals surface area contributed by atoms with Gasteiger partial charge in [0, 0.05) is 12.3 Å². The molecule has 114 valence electrons. The predicted molar refractivity (Wildman–Crippen MR) is 74.8 cm³/mol. The van der Waals surface area contributed by atoms with Crippen molar-refractivity contribution in [1.82, 2.24) is 10.2 Å². The van der Waals surface area contributed by atoms with Crippen LogP contribution in [0.2, 0.25) is 0 Å². The average molecular weight is 302 g/mol. The quantitative estimate of drug-likeness (QED) is 0.788. The molecule has 0 bridgehead atoms. The van der Waals surface area contributed by atoms with Gasteiger partial charge >= 0.3 is 0 Å². The predicted octanol–water partition coefficient (Wildman–Crippen LogP) is -0.0649. The topological polar surface area (TPSA) is 83.6 Å². The molecule has 0 aromatic heterocycles. The molecule has 20 heavy (non-hydrogen) atoms. The molecular formula is C13H22N2O4S. The van der Waals surface area contributed by atoms with Crippen molar-refractivity contribution in [2.24, 2.45) is 5.92 Å². The van der Waals surface area contributed by atoms with Crippen molar-refractivity contribution < 1.29 is 18.0 Å². The van der Waals surface area contributed by atoms with Crippen molar-refractivity contribution in [2.75, 3.05) is 12.0 Å². The number of hydrogen-bond acceptors (Lipinski definition) is 4. The van der Waals surface area contributed by atoms with E-state index in [1.807, 2.05) is 0 Å². The number of amides is 2. The van der Waals surface area contributed by atoms with Crippen LogP contribution in [0.3, 0.4) is 0 Å². The summed E-state index contributed by atoms with van der Waals surface area (Å²) in [5, 5.41) is 2.82.